The summed E-state index contributed by atoms with van der Waals surface area (Å²) in [6.07, 6.45) is 7.20. The second-order valence-electron chi connectivity index (χ2n) is 5.28. The number of piperidine rings is 1. The summed E-state index contributed by atoms with van der Waals surface area (Å²) in [4.78, 5) is 12.7. The molecule has 2 aromatic heterocycles. The van der Waals surface area contributed by atoms with Crippen LogP contribution in [0.25, 0.3) is 11.5 Å². The molecule has 0 aliphatic carbocycles. The highest BCUT2D eigenvalue weighted by molar-refractivity contribution is 5.50. The minimum atomic E-state index is 0.486. The predicted octanol–water partition coefficient (Wildman–Crippen LogP) is 0.811. The summed E-state index contributed by atoms with van der Waals surface area (Å²) in [5, 5.41) is 8.33. The molecule has 3 saturated heterocycles. The van der Waals surface area contributed by atoms with E-state index in [1.54, 1.807) is 12.4 Å². The van der Waals surface area contributed by atoms with Gasteiger partial charge in [0, 0.05) is 44.6 Å². The van der Waals surface area contributed by atoms with Crippen molar-refractivity contribution in [2.75, 3.05) is 31.1 Å². The van der Waals surface area contributed by atoms with Crippen LogP contribution in [0.15, 0.2) is 23.1 Å². The van der Waals surface area contributed by atoms with Gasteiger partial charge in [0.05, 0.1) is 5.56 Å². The summed E-state index contributed by atoms with van der Waals surface area (Å²) in [6, 6.07) is 1.15. The third kappa shape index (κ3) is 2.03. The summed E-state index contributed by atoms with van der Waals surface area (Å²) in [5.74, 6) is 0.486. The Labute approximate surface area is 116 Å². The van der Waals surface area contributed by atoms with Crippen molar-refractivity contribution in [3.05, 3.63) is 18.7 Å². The van der Waals surface area contributed by atoms with Gasteiger partial charge in [0.25, 0.3) is 5.89 Å². The SMILES string of the molecule is c1ncc(-c2nnc(N3CCN4CCC3CC4)o2)cn1. The minimum absolute atomic E-state index is 0.486. The topological polar surface area (TPSA) is 71.2 Å². The molecule has 2 bridgehead atoms. The summed E-state index contributed by atoms with van der Waals surface area (Å²) in [5.41, 5.74) is 0.758. The molecule has 0 unspecified atom stereocenters. The molecule has 3 fully saturated rings. The first-order valence-electron chi connectivity index (χ1n) is 6.98. The highest BCUT2D eigenvalue weighted by Gasteiger charge is 2.31. The van der Waals surface area contributed by atoms with E-state index in [1.165, 1.54) is 32.3 Å². The summed E-state index contributed by atoms with van der Waals surface area (Å²) >= 11 is 0. The number of nitrogens with zero attached hydrogens (tertiary/aromatic N) is 6. The van der Waals surface area contributed by atoms with E-state index < -0.39 is 0 Å². The monoisotopic (exact) mass is 272 g/mol. The third-order valence-electron chi connectivity index (χ3n) is 4.12. The first-order chi connectivity index (χ1) is 9.90. The fourth-order valence-electron chi connectivity index (χ4n) is 3.00. The molecule has 0 aromatic carbocycles. The van der Waals surface area contributed by atoms with E-state index in [9.17, 15) is 0 Å². The molecule has 0 saturated carbocycles. The van der Waals surface area contributed by atoms with Crippen molar-refractivity contribution in [3.63, 3.8) is 0 Å². The number of rotatable bonds is 2. The summed E-state index contributed by atoms with van der Waals surface area (Å²) in [6.45, 7) is 4.38. The lowest BCUT2D eigenvalue weighted by Gasteiger charge is -2.29. The molecule has 0 amide bonds. The Kier molecular flexibility index (Phi) is 2.84. The van der Waals surface area contributed by atoms with Crippen LogP contribution in [-0.4, -0.2) is 57.3 Å². The van der Waals surface area contributed by atoms with Crippen LogP contribution in [0.5, 0.6) is 0 Å². The largest absolute Gasteiger partial charge is 0.403 e. The number of fused-ring (bicyclic) bond motifs is 4. The smallest absolute Gasteiger partial charge is 0.318 e. The number of anilines is 1. The van der Waals surface area contributed by atoms with Crippen molar-refractivity contribution in [3.8, 4) is 11.5 Å². The molecular formula is C13H16N6O. The van der Waals surface area contributed by atoms with Gasteiger partial charge in [0.15, 0.2) is 0 Å². The lowest BCUT2D eigenvalue weighted by atomic mass is 10.1. The second kappa shape index (κ2) is 4.82. The van der Waals surface area contributed by atoms with Crippen molar-refractivity contribution in [1.82, 2.24) is 25.1 Å². The van der Waals surface area contributed by atoms with Crippen LogP contribution in [-0.2, 0) is 0 Å². The van der Waals surface area contributed by atoms with E-state index in [2.05, 4.69) is 30.0 Å². The zero-order valence-corrected chi connectivity index (χ0v) is 11.1. The van der Waals surface area contributed by atoms with Crippen molar-refractivity contribution < 1.29 is 4.42 Å². The highest BCUT2D eigenvalue weighted by atomic mass is 16.4. The maximum Gasteiger partial charge on any atom is 0.318 e. The summed E-state index contributed by atoms with van der Waals surface area (Å²) in [7, 11) is 0. The van der Waals surface area contributed by atoms with Crippen LogP contribution in [0, 0.1) is 0 Å². The van der Waals surface area contributed by atoms with E-state index in [0.29, 0.717) is 17.9 Å². The van der Waals surface area contributed by atoms with E-state index in [0.717, 1.165) is 18.7 Å². The Morgan fingerprint density at radius 2 is 1.80 bits per heavy atom. The average Bonchev–Trinajstić information content (AvgIpc) is 2.81. The molecule has 7 heteroatoms. The molecule has 104 valence electrons. The van der Waals surface area contributed by atoms with Crippen LogP contribution in [0.1, 0.15) is 12.8 Å². The van der Waals surface area contributed by atoms with E-state index >= 15 is 0 Å². The fourth-order valence-corrected chi connectivity index (χ4v) is 3.00. The molecule has 3 aliphatic rings. The minimum Gasteiger partial charge on any atom is -0.403 e. The molecule has 0 N–H and O–H groups in total. The average molecular weight is 272 g/mol. The Morgan fingerprint density at radius 1 is 1.00 bits per heavy atom. The fraction of sp³-hybridized carbons (Fsp3) is 0.538. The Bertz CT molecular complexity index is 578. The standard InChI is InChI=1S/C13H16N6O/c1-3-18-4-2-11(1)19(6-5-18)13-17-16-12(20-13)10-7-14-9-15-8-10/h7-9,11H,1-6H2. The van der Waals surface area contributed by atoms with Crippen molar-refractivity contribution in [2.24, 2.45) is 0 Å². The van der Waals surface area contributed by atoms with E-state index in [-0.39, 0.29) is 0 Å². The maximum absolute atomic E-state index is 5.82. The zero-order chi connectivity index (χ0) is 13.4. The second-order valence-corrected chi connectivity index (χ2v) is 5.28. The molecule has 3 aliphatic heterocycles. The Balaban J connectivity index is 1.61. The van der Waals surface area contributed by atoms with Gasteiger partial charge in [-0.3, -0.25) is 0 Å². The van der Waals surface area contributed by atoms with E-state index in [1.807, 2.05) is 0 Å². The molecule has 20 heavy (non-hydrogen) atoms. The van der Waals surface area contributed by atoms with Crippen LogP contribution in [0.2, 0.25) is 0 Å². The number of hydrogen-bond acceptors (Lipinski definition) is 7. The molecule has 5 rings (SSSR count). The first kappa shape index (κ1) is 11.8. The Hall–Kier alpha value is -2.02. The van der Waals surface area contributed by atoms with Gasteiger partial charge in [-0.25, -0.2) is 9.97 Å². The molecule has 5 heterocycles. The zero-order valence-electron chi connectivity index (χ0n) is 11.1. The van der Waals surface area contributed by atoms with Gasteiger partial charge < -0.3 is 14.2 Å². The van der Waals surface area contributed by atoms with Gasteiger partial charge in [0.2, 0.25) is 0 Å². The number of aromatic nitrogens is 4. The summed E-state index contributed by atoms with van der Waals surface area (Å²) < 4.78 is 5.82. The molecule has 0 radical (unpaired) electrons. The Morgan fingerprint density at radius 3 is 2.60 bits per heavy atom. The van der Waals surface area contributed by atoms with Crippen LogP contribution in [0.4, 0.5) is 6.01 Å². The highest BCUT2D eigenvalue weighted by Crippen LogP contribution is 2.27. The van der Waals surface area contributed by atoms with Crippen LogP contribution >= 0.6 is 0 Å². The lowest BCUT2D eigenvalue weighted by Crippen LogP contribution is -2.38. The molecule has 0 atom stereocenters. The van der Waals surface area contributed by atoms with Gasteiger partial charge in [-0.05, 0) is 12.8 Å². The molecule has 7 nitrogen and oxygen atoms in total. The maximum atomic E-state index is 5.82. The van der Waals surface area contributed by atoms with Crippen LogP contribution < -0.4 is 4.90 Å². The van der Waals surface area contributed by atoms with Crippen molar-refractivity contribution >= 4 is 6.01 Å². The van der Waals surface area contributed by atoms with E-state index in [4.69, 9.17) is 4.42 Å². The number of hydrogen-bond donors (Lipinski definition) is 0. The normalized spacial score (nSPS) is 25.7. The molecule has 0 spiro atoms. The van der Waals surface area contributed by atoms with Crippen molar-refractivity contribution in [1.29, 1.82) is 0 Å². The molecular weight excluding hydrogens is 256 g/mol. The first-order valence-corrected chi connectivity index (χ1v) is 6.98. The quantitative estimate of drug-likeness (QED) is 0.801. The van der Waals surface area contributed by atoms with Gasteiger partial charge in [-0.15, -0.1) is 5.10 Å². The van der Waals surface area contributed by atoms with Crippen molar-refractivity contribution in [2.45, 2.75) is 18.9 Å². The van der Waals surface area contributed by atoms with Crippen LogP contribution in [0.3, 0.4) is 0 Å². The predicted molar refractivity (Wildman–Crippen MR) is 72.1 cm³/mol. The molecule has 2 aromatic rings. The van der Waals surface area contributed by atoms with Gasteiger partial charge in [-0.1, -0.05) is 5.10 Å². The van der Waals surface area contributed by atoms with Gasteiger partial charge in [-0.2, -0.15) is 0 Å². The van der Waals surface area contributed by atoms with Gasteiger partial charge >= 0.3 is 6.01 Å². The van der Waals surface area contributed by atoms with Gasteiger partial charge in [0.1, 0.15) is 6.33 Å². The third-order valence-corrected chi connectivity index (χ3v) is 4.12. The lowest BCUT2D eigenvalue weighted by molar-refractivity contribution is 0.249.